The molecule has 0 saturated heterocycles. The van der Waals surface area contributed by atoms with Crippen molar-refractivity contribution in [2.24, 2.45) is 5.92 Å². The summed E-state index contributed by atoms with van der Waals surface area (Å²) in [5.41, 5.74) is 2.36. The molecule has 1 aliphatic rings. The van der Waals surface area contributed by atoms with Crippen LogP contribution in [0, 0.1) is 5.92 Å². The van der Waals surface area contributed by atoms with Crippen molar-refractivity contribution in [1.29, 1.82) is 0 Å². The number of benzene rings is 1. The second kappa shape index (κ2) is 6.81. The lowest BCUT2D eigenvalue weighted by atomic mass is 9.87. The summed E-state index contributed by atoms with van der Waals surface area (Å²) < 4.78 is 2.44. The normalized spacial score (nSPS) is 16.6. The molecule has 0 aliphatic heterocycles. The number of anilines is 1. The average molecular weight is 306 g/mol. The molecule has 0 atom stereocenters. The van der Waals surface area contributed by atoms with E-state index in [0.717, 1.165) is 22.3 Å². The van der Waals surface area contributed by atoms with E-state index in [1.807, 2.05) is 0 Å². The Bertz CT molecular complexity index is 559. The van der Waals surface area contributed by atoms with Gasteiger partial charge in [-0.25, -0.2) is 4.98 Å². The molecule has 2 nitrogen and oxygen atoms in total. The maximum atomic E-state index is 4.58. The summed E-state index contributed by atoms with van der Waals surface area (Å²) in [5, 5.41) is 3.58. The van der Waals surface area contributed by atoms with Crippen LogP contribution in [-0.4, -0.2) is 17.8 Å². The van der Waals surface area contributed by atoms with Crippen LogP contribution in [0.2, 0.25) is 0 Å². The van der Waals surface area contributed by atoms with Crippen molar-refractivity contribution >= 4 is 39.0 Å². The van der Waals surface area contributed by atoms with Gasteiger partial charge in [-0.05, 0) is 36.8 Å². The van der Waals surface area contributed by atoms with Gasteiger partial charge in [0.1, 0.15) is 0 Å². The van der Waals surface area contributed by atoms with Gasteiger partial charge in [0.2, 0.25) is 0 Å². The van der Waals surface area contributed by atoms with Crippen LogP contribution in [-0.2, 0) is 0 Å². The Kier molecular flexibility index (Phi) is 4.84. The van der Waals surface area contributed by atoms with Crippen molar-refractivity contribution in [3.63, 3.8) is 0 Å². The van der Waals surface area contributed by atoms with E-state index in [-0.39, 0.29) is 0 Å². The maximum absolute atomic E-state index is 4.58. The zero-order valence-electron chi connectivity index (χ0n) is 12.0. The molecular formula is C16H22N2S2. The second-order valence-electron chi connectivity index (χ2n) is 5.59. The summed E-state index contributed by atoms with van der Waals surface area (Å²) in [4.78, 5) is 4.58. The van der Waals surface area contributed by atoms with Gasteiger partial charge < -0.3 is 5.32 Å². The lowest BCUT2D eigenvalue weighted by Gasteiger charge is -2.21. The van der Waals surface area contributed by atoms with Crippen LogP contribution >= 0.6 is 23.1 Å². The Morgan fingerprint density at radius 2 is 2.15 bits per heavy atom. The SMILES string of the molecule is CSc1nc2ccc(NCCC3CCCCC3)cc2s1. The Morgan fingerprint density at radius 3 is 2.95 bits per heavy atom. The quantitative estimate of drug-likeness (QED) is 0.749. The number of thioether (sulfide) groups is 1. The fraction of sp³-hybridized carbons (Fsp3) is 0.562. The first-order valence-electron chi connectivity index (χ1n) is 7.53. The molecule has 0 unspecified atom stereocenters. The van der Waals surface area contributed by atoms with Crippen molar-refractivity contribution in [2.45, 2.75) is 42.9 Å². The fourth-order valence-corrected chi connectivity index (χ4v) is 4.53. The molecule has 2 aromatic rings. The van der Waals surface area contributed by atoms with Crippen LogP contribution in [0.25, 0.3) is 10.2 Å². The number of nitrogens with zero attached hydrogens (tertiary/aromatic N) is 1. The average Bonchev–Trinajstić information content (AvgIpc) is 2.91. The number of rotatable bonds is 5. The van der Waals surface area contributed by atoms with E-state index in [0.29, 0.717) is 0 Å². The first-order valence-corrected chi connectivity index (χ1v) is 9.58. The molecule has 108 valence electrons. The highest BCUT2D eigenvalue weighted by Crippen LogP contribution is 2.30. The predicted octanol–water partition coefficient (Wildman–Crippen LogP) is 5.40. The lowest BCUT2D eigenvalue weighted by molar-refractivity contribution is 0.345. The van der Waals surface area contributed by atoms with E-state index < -0.39 is 0 Å². The molecule has 20 heavy (non-hydrogen) atoms. The molecule has 1 aromatic carbocycles. The minimum atomic E-state index is 0.950. The number of fused-ring (bicyclic) bond motifs is 1. The minimum absolute atomic E-state index is 0.950. The second-order valence-corrected chi connectivity index (χ2v) is 7.67. The highest BCUT2D eigenvalue weighted by molar-refractivity contribution is 8.00. The molecule has 1 N–H and O–H groups in total. The van der Waals surface area contributed by atoms with E-state index >= 15 is 0 Å². The molecule has 0 radical (unpaired) electrons. The van der Waals surface area contributed by atoms with Gasteiger partial charge >= 0.3 is 0 Å². The third-order valence-corrected chi connectivity index (χ3v) is 6.15. The van der Waals surface area contributed by atoms with Gasteiger partial charge in [-0.15, -0.1) is 11.3 Å². The van der Waals surface area contributed by atoms with Gasteiger partial charge in [0.15, 0.2) is 4.34 Å². The van der Waals surface area contributed by atoms with Crippen molar-refractivity contribution in [3.8, 4) is 0 Å². The van der Waals surface area contributed by atoms with E-state index in [2.05, 4.69) is 34.8 Å². The first-order chi connectivity index (χ1) is 9.85. The summed E-state index contributed by atoms with van der Waals surface area (Å²) in [6.07, 6.45) is 10.6. The molecule has 1 saturated carbocycles. The molecule has 1 aliphatic carbocycles. The van der Waals surface area contributed by atoms with Gasteiger partial charge in [0, 0.05) is 12.2 Å². The standard InChI is InChI=1S/C16H22N2S2/c1-19-16-18-14-8-7-13(11-15(14)20-16)17-10-9-12-5-3-2-4-6-12/h7-8,11-12,17H,2-6,9-10H2,1H3. The smallest absolute Gasteiger partial charge is 0.150 e. The van der Waals surface area contributed by atoms with E-state index in [1.165, 1.54) is 48.9 Å². The van der Waals surface area contributed by atoms with Crippen molar-refractivity contribution in [2.75, 3.05) is 18.1 Å². The Morgan fingerprint density at radius 1 is 1.30 bits per heavy atom. The number of thiazole rings is 1. The van der Waals surface area contributed by atoms with E-state index in [9.17, 15) is 0 Å². The van der Waals surface area contributed by atoms with Crippen LogP contribution in [0.4, 0.5) is 5.69 Å². The first kappa shape index (κ1) is 14.2. The van der Waals surface area contributed by atoms with Gasteiger partial charge in [-0.1, -0.05) is 43.9 Å². The van der Waals surface area contributed by atoms with Gasteiger partial charge in [0.05, 0.1) is 10.2 Å². The molecule has 3 rings (SSSR count). The molecule has 0 amide bonds. The number of hydrogen-bond donors (Lipinski definition) is 1. The van der Waals surface area contributed by atoms with Gasteiger partial charge in [-0.3, -0.25) is 0 Å². The van der Waals surface area contributed by atoms with Crippen molar-refractivity contribution in [3.05, 3.63) is 18.2 Å². The highest BCUT2D eigenvalue weighted by atomic mass is 32.2. The molecule has 1 fully saturated rings. The summed E-state index contributed by atoms with van der Waals surface area (Å²) in [6, 6.07) is 6.54. The highest BCUT2D eigenvalue weighted by Gasteiger charge is 2.12. The van der Waals surface area contributed by atoms with E-state index in [1.54, 1.807) is 23.1 Å². The summed E-state index contributed by atoms with van der Waals surface area (Å²) >= 11 is 3.51. The van der Waals surface area contributed by atoms with Crippen molar-refractivity contribution in [1.82, 2.24) is 4.98 Å². The Hall–Kier alpha value is -0.740. The van der Waals surface area contributed by atoms with Crippen LogP contribution in [0.5, 0.6) is 0 Å². The number of aromatic nitrogens is 1. The molecule has 0 spiro atoms. The zero-order valence-corrected chi connectivity index (χ0v) is 13.7. The van der Waals surface area contributed by atoms with Crippen LogP contribution in [0.1, 0.15) is 38.5 Å². The molecule has 4 heteroatoms. The van der Waals surface area contributed by atoms with Crippen molar-refractivity contribution < 1.29 is 0 Å². The molecule has 0 bridgehead atoms. The summed E-state index contributed by atoms with van der Waals surface area (Å²) in [7, 11) is 0. The summed E-state index contributed by atoms with van der Waals surface area (Å²) in [6.45, 7) is 1.10. The number of nitrogens with one attached hydrogen (secondary N) is 1. The Balaban J connectivity index is 1.56. The molecule has 1 aromatic heterocycles. The number of hydrogen-bond acceptors (Lipinski definition) is 4. The fourth-order valence-electron chi connectivity index (χ4n) is 3.00. The largest absolute Gasteiger partial charge is 0.385 e. The third kappa shape index (κ3) is 3.47. The maximum Gasteiger partial charge on any atom is 0.150 e. The molecular weight excluding hydrogens is 284 g/mol. The lowest BCUT2D eigenvalue weighted by Crippen LogP contribution is -2.12. The molecule has 1 heterocycles. The monoisotopic (exact) mass is 306 g/mol. The predicted molar refractivity (Wildman–Crippen MR) is 91.1 cm³/mol. The minimum Gasteiger partial charge on any atom is -0.385 e. The van der Waals surface area contributed by atoms with Gasteiger partial charge in [0.25, 0.3) is 0 Å². The zero-order chi connectivity index (χ0) is 13.8. The van der Waals surface area contributed by atoms with Crippen LogP contribution in [0.15, 0.2) is 22.5 Å². The van der Waals surface area contributed by atoms with Crippen LogP contribution in [0.3, 0.4) is 0 Å². The Labute approximate surface area is 129 Å². The van der Waals surface area contributed by atoms with E-state index in [4.69, 9.17) is 0 Å². The summed E-state index contributed by atoms with van der Waals surface area (Å²) in [5.74, 6) is 0.950. The van der Waals surface area contributed by atoms with Gasteiger partial charge in [-0.2, -0.15) is 0 Å². The third-order valence-electron chi connectivity index (χ3n) is 4.15. The van der Waals surface area contributed by atoms with Crippen LogP contribution < -0.4 is 5.32 Å². The topological polar surface area (TPSA) is 24.9 Å².